The van der Waals surface area contributed by atoms with E-state index in [-0.39, 0.29) is 12.1 Å². The van der Waals surface area contributed by atoms with Gasteiger partial charge in [-0.3, -0.25) is 0 Å². The lowest BCUT2D eigenvalue weighted by Gasteiger charge is -2.32. The second-order valence-electron chi connectivity index (χ2n) is 5.70. The highest BCUT2D eigenvalue weighted by molar-refractivity contribution is 5.49. The molecule has 0 amide bonds. The van der Waals surface area contributed by atoms with Crippen molar-refractivity contribution in [2.24, 2.45) is 11.7 Å². The Morgan fingerprint density at radius 2 is 1.90 bits per heavy atom. The minimum Gasteiger partial charge on any atom is -0.372 e. The SMILES string of the molecule is CN1CCC(CN(C)c2ccc(CN)c(F)c2F)CC1. The van der Waals surface area contributed by atoms with Crippen LogP contribution in [0, 0.1) is 17.6 Å². The molecule has 0 atom stereocenters. The monoisotopic (exact) mass is 283 g/mol. The summed E-state index contributed by atoms with van der Waals surface area (Å²) in [5.74, 6) is -1.07. The topological polar surface area (TPSA) is 32.5 Å². The normalized spacial score (nSPS) is 17.4. The molecule has 2 rings (SSSR count). The Balaban J connectivity index is 2.06. The zero-order valence-corrected chi connectivity index (χ0v) is 12.2. The molecule has 0 aliphatic carbocycles. The van der Waals surface area contributed by atoms with E-state index in [4.69, 9.17) is 5.73 Å². The molecule has 0 spiro atoms. The van der Waals surface area contributed by atoms with Gasteiger partial charge in [-0.25, -0.2) is 8.78 Å². The summed E-state index contributed by atoms with van der Waals surface area (Å²) in [5.41, 5.74) is 5.92. The van der Waals surface area contributed by atoms with Gasteiger partial charge in [-0.15, -0.1) is 0 Å². The molecule has 2 N–H and O–H groups in total. The Hall–Kier alpha value is -1.20. The van der Waals surface area contributed by atoms with Gasteiger partial charge in [0.1, 0.15) is 0 Å². The molecule has 1 heterocycles. The van der Waals surface area contributed by atoms with E-state index < -0.39 is 11.6 Å². The van der Waals surface area contributed by atoms with E-state index in [1.807, 2.05) is 11.9 Å². The lowest BCUT2D eigenvalue weighted by Crippen LogP contribution is -2.36. The van der Waals surface area contributed by atoms with E-state index in [1.54, 1.807) is 12.1 Å². The molecule has 0 saturated carbocycles. The van der Waals surface area contributed by atoms with Crippen LogP contribution in [0.15, 0.2) is 12.1 Å². The zero-order chi connectivity index (χ0) is 14.7. The summed E-state index contributed by atoms with van der Waals surface area (Å²) in [6, 6.07) is 3.19. The molecular formula is C15H23F2N3. The highest BCUT2D eigenvalue weighted by atomic mass is 19.2. The number of halogens is 2. The standard InChI is InChI=1S/C15H23F2N3/c1-19-7-5-11(6-8-19)10-20(2)13-4-3-12(9-18)14(16)15(13)17/h3-4,11H,5-10,18H2,1-2H3. The molecule has 1 aromatic carbocycles. The number of hydrogen-bond donors (Lipinski definition) is 1. The second-order valence-corrected chi connectivity index (χ2v) is 5.70. The molecule has 3 nitrogen and oxygen atoms in total. The van der Waals surface area contributed by atoms with E-state index >= 15 is 0 Å². The molecule has 0 radical (unpaired) electrons. The second kappa shape index (κ2) is 6.50. The van der Waals surface area contributed by atoms with Gasteiger partial charge in [-0.1, -0.05) is 6.07 Å². The van der Waals surface area contributed by atoms with Gasteiger partial charge in [-0.2, -0.15) is 0 Å². The first kappa shape index (κ1) is 15.2. The van der Waals surface area contributed by atoms with Gasteiger partial charge in [-0.05, 0) is 45.0 Å². The van der Waals surface area contributed by atoms with Crippen LogP contribution in [0.3, 0.4) is 0 Å². The summed E-state index contributed by atoms with van der Waals surface area (Å²) in [6.07, 6.45) is 2.21. The maximum Gasteiger partial charge on any atom is 0.182 e. The van der Waals surface area contributed by atoms with Crippen LogP contribution in [0.4, 0.5) is 14.5 Å². The van der Waals surface area contributed by atoms with Crippen molar-refractivity contribution in [1.29, 1.82) is 0 Å². The third-order valence-electron chi connectivity index (χ3n) is 4.14. The number of rotatable bonds is 4. The lowest BCUT2D eigenvalue weighted by atomic mass is 9.96. The predicted molar refractivity (Wildman–Crippen MR) is 77.7 cm³/mol. The summed E-state index contributed by atoms with van der Waals surface area (Å²) in [7, 11) is 3.93. The summed E-state index contributed by atoms with van der Waals surface area (Å²) in [4.78, 5) is 4.11. The largest absolute Gasteiger partial charge is 0.372 e. The lowest BCUT2D eigenvalue weighted by molar-refractivity contribution is 0.222. The molecule has 20 heavy (non-hydrogen) atoms. The third-order valence-corrected chi connectivity index (χ3v) is 4.14. The van der Waals surface area contributed by atoms with Crippen LogP contribution in [0.5, 0.6) is 0 Å². The molecule has 1 aromatic rings. The Morgan fingerprint density at radius 1 is 1.25 bits per heavy atom. The summed E-state index contributed by atoms with van der Waals surface area (Å²) in [5, 5.41) is 0. The first-order valence-corrected chi connectivity index (χ1v) is 7.09. The van der Waals surface area contributed by atoms with Crippen LogP contribution in [-0.4, -0.2) is 38.6 Å². The van der Waals surface area contributed by atoms with E-state index in [0.29, 0.717) is 11.6 Å². The van der Waals surface area contributed by atoms with Crippen molar-refractivity contribution < 1.29 is 8.78 Å². The van der Waals surface area contributed by atoms with Gasteiger partial charge >= 0.3 is 0 Å². The molecule has 0 unspecified atom stereocenters. The van der Waals surface area contributed by atoms with Gasteiger partial charge in [0, 0.05) is 25.7 Å². The molecule has 5 heteroatoms. The van der Waals surface area contributed by atoms with Crippen LogP contribution in [0.2, 0.25) is 0 Å². The molecule has 1 aliphatic heterocycles. The highest BCUT2D eigenvalue weighted by Crippen LogP contribution is 2.26. The molecule has 1 saturated heterocycles. The van der Waals surface area contributed by atoms with Gasteiger partial charge in [0.15, 0.2) is 11.6 Å². The molecule has 1 aliphatic rings. The van der Waals surface area contributed by atoms with Crippen molar-refractivity contribution in [1.82, 2.24) is 4.90 Å². The number of nitrogens with zero attached hydrogens (tertiary/aromatic N) is 2. The summed E-state index contributed by atoms with van der Waals surface area (Å²) >= 11 is 0. The number of piperidine rings is 1. The van der Waals surface area contributed by atoms with E-state index in [9.17, 15) is 8.78 Å². The van der Waals surface area contributed by atoms with Gasteiger partial charge in [0.2, 0.25) is 0 Å². The van der Waals surface area contributed by atoms with Crippen molar-refractivity contribution in [3.05, 3.63) is 29.3 Å². The molecule has 0 aromatic heterocycles. The van der Waals surface area contributed by atoms with Crippen molar-refractivity contribution in [2.75, 3.05) is 38.6 Å². The molecule has 1 fully saturated rings. The van der Waals surface area contributed by atoms with E-state index in [2.05, 4.69) is 11.9 Å². The Kier molecular flexibility index (Phi) is 4.94. The minimum absolute atomic E-state index is 0.0156. The van der Waals surface area contributed by atoms with E-state index in [1.165, 1.54) is 0 Å². The maximum atomic E-state index is 14.0. The Morgan fingerprint density at radius 3 is 2.50 bits per heavy atom. The predicted octanol–water partition coefficient (Wildman–Crippen LogP) is 2.20. The Labute approximate surface area is 119 Å². The fraction of sp³-hybridized carbons (Fsp3) is 0.600. The zero-order valence-electron chi connectivity index (χ0n) is 12.2. The highest BCUT2D eigenvalue weighted by Gasteiger charge is 2.21. The van der Waals surface area contributed by atoms with Crippen LogP contribution < -0.4 is 10.6 Å². The quantitative estimate of drug-likeness (QED) is 0.919. The number of anilines is 1. The average Bonchev–Trinajstić information content (AvgIpc) is 2.44. The van der Waals surface area contributed by atoms with Crippen LogP contribution in [0.25, 0.3) is 0 Å². The summed E-state index contributed by atoms with van der Waals surface area (Å²) < 4.78 is 27.8. The van der Waals surface area contributed by atoms with E-state index in [0.717, 1.165) is 32.5 Å². The van der Waals surface area contributed by atoms with Gasteiger partial charge < -0.3 is 15.5 Å². The van der Waals surface area contributed by atoms with Crippen LogP contribution in [0.1, 0.15) is 18.4 Å². The average molecular weight is 283 g/mol. The number of nitrogens with two attached hydrogens (primary N) is 1. The number of benzene rings is 1. The first-order valence-electron chi connectivity index (χ1n) is 7.09. The molecule has 112 valence electrons. The first-order chi connectivity index (χ1) is 9.52. The maximum absolute atomic E-state index is 14.0. The number of hydrogen-bond acceptors (Lipinski definition) is 3. The fourth-order valence-corrected chi connectivity index (χ4v) is 2.76. The third kappa shape index (κ3) is 3.27. The van der Waals surface area contributed by atoms with Gasteiger partial charge in [0.05, 0.1) is 5.69 Å². The van der Waals surface area contributed by atoms with Crippen LogP contribution in [-0.2, 0) is 6.54 Å². The number of likely N-dealkylation sites (tertiary alicyclic amines) is 1. The van der Waals surface area contributed by atoms with Gasteiger partial charge in [0.25, 0.3) is 0 Å². The van der Waals surface area contributed by atoms with Crippen molar-refractivity contribution >= 4 is 5.69 Å². The van der Waals surface area contributed by atoms with Crippen molar-refractivity contribution in [3.8, 4) is 0 Å². The van der Waals surface area contributed by atoms with Crippen molar-refractivity contribution in [3.63, 3.8) is 0 Å². The minimum atomic E-state index is -0.819. The molecule has 0 bridgehead atoms. The van der Waals surface area contributed by atoms with Crippen molar-refractivity contribution in [2.45, 2.75) is 19.4 Å². The van der Waals surface area contributed by atoms with Crippen LogP contribution >= 0.6 is 0 Å². The summed E-state index contributed by atoms with van der Waals surface area (Å²) in [6.45, 7) is 2.91. The fourth-order valence-electron chi connectivity index (χ4n) is 2.76. The Bertz CT molecular complexity index is 457. The molecular weight excluding hydrogens is 260 g/mol. The smallest absolute Gasteiger partial charge is 0.182 e.